The minimum atomic E-state index is -0.569. The van der Waals surface area contributed by atoms with Crippen LogP contribution in [0, 0.1) is 6.92 Å². The van der Waals surface area contributed by atoms with Crippen molar-refractivity contribution in [3.63, 3.8) is 0 Å². The quantitative estimate of drug-likeness (QED) is 0.260. The molecule has 4 aromatic rings. The average Bonchev–Trinajstić information content (AvgIpc) is 3.31. The molecule has 0 spiro atoms. The fourth-order valence-electron chi connectivity index (χ4n) is 3.21. The lowest BCUT2D eigenvalue weighted by Crippen LogP contribution is -2.46. The number of amides is 2. The van der Waals surface area contributed by atoms with Crippen LogP contribution in [-0.2, 0) is 9.59 Å². The molecule has 1 heterocycles. The minimum absolute atomic E-state index is 0.258. The van der Waals surface area contributed by atoms with Crippen molar-refractivity contribution in [3.05, 3.63) is 89.4 Å². The van der Waals surface area contributed by atoms with Crippen molar-refractivity contribution in [1.82, 2.24) is 25.6 Å². The SMILES string of the molecule is Cc1ccc(-c2nnc(SC(C)C(=O)NNC(=O)COc3ccc(Cl)cc3)n2-c2ccccc2)cc1. The fourth-order valence-corrected chi connectivity index (χ4v) is 4.20. The van der Waals surface area contributed by atoms with Crippen molar-refractivity contribution in [2.24, 2.45) is 0 Å². The van der Waals surface area contributed by atoms with E-state index in [1.807, 2.05) is 66.1 Å². The zero-order valence-corrected chi connectivity index (χ0v) is 21.2. The van der Waals surface area contributed by atoms with E-state index >= 15 is 0 Å². The highest BCUT2D eigenvalue weighted by molar-refractivity contribution is 8.00. The number of halogens is 1. The van der Waals surface area contributed by atoms with Crippen molar-refractivity contribution >= 4 is 35.2 Å². The summed E-state index contributed by atoms with van der Waals surface area (Å²) < 4.78 is 7.29. The van der Waals surface area contributed by atoms with Crippen molar-refractivity contribution < 1.29 is 14.3 Å². The van der Waals surface area contributed by atoms with Gasteiger partial charge >= 0.3 is 0 Å². The molecular weight excluding hydrogens is 498 g/mol. The monoisotopic (exact) mass is 521 g/mol. The Kier molecular flexibility index (Phi) is 8.24. The molecule has 0 saturated carbocycles. The van der Waals surface area contributed by atoms with E-state index in [1.54, 1.807) is 31.2 Å². The first-order chi connectivity index (χ1) is 17.4. The first kappa shape index (κ1) is 25.3. The van der Waals surface area contributed by atoms with Crippen LogP contribution >= 0.6 is 23.4 Å². The Hall–Kier alpha value is -3.82. The molecule has 10 heteroatoms. The minimum Gasteiger partial charge on any atom is -0.484 e. The normalized spacial score (nSPS) is 11.5. The van der Waals surface area contributed by atoms with Gasteiger partial charge in [0.2, 0.25) is 0 Å². The summed E-state index contributed by atoms with van der Waals surface area (Å²) in [5.74, 6) is 0.280. The summed E-state index contributed by atoms with van der Waals surface area (Å²) in [5.41, 5.74) is 7.73. The van der Waals surface area contributed by atoms with Crippen LogP contribution in [0.4, 0.5) is 0 Å². The van der Waals surface area contributed by atoms with Gasteiger partial charge in [-0.2, -0.15) is 0 Å². The van der Waals surface area contributed by atoms with Gasteiger partial charge in [0.25, 0.3) is 11.8 Å². The summed E-state index contributed by atoms with van der Waals surface area (Å²) in [7, 11) is 0. The number of aryl methyl sites for hydroxylation is 1. The first-order valence-electron chi connectivity index (χ1n) is 11.1. The van der Waals surface area contributed by atoms with Crippen LogP contribution in [0.5, 0.6) is 5.75 Å². The molecule has 1 unspecified atom stereocenters. The lowest BCUT2D eigenvalue weighted by Gasteiger charge is -2.14. The number of ether oxygens (including phenoxy) is 1. The van der Waals surface area contributed by atoms with E-state index in [4.69, 9.17) is 16.3 Å². The number of nitrogens with one attached hydrogen (secondary N) is 2. The molecule has 0 aliphatic rings. The standard InChI is InChI=1S/C26H24ClN5O3S/c1-17-8-10-19(11-9-17)24-29-31-26(32(24)21-6-4-3-5-7-21)36-18(2)25(34)30-28-23(33)16-35-22-14-12-20(27)13-15-22/h3-15,18H,16H2,1-2H3,(H,28,33)(H,30,34). The molecule has 2 amide bonds. The molecule has 184 valence electrons. The van der Waals surface area contributed by atoms with E-state index < -0.39 is 11.2 Å². The Labute approximate surface area is 218 Å². The number of hydrazine groups is 1. The topological polar surface area (TPSA) is 98.1 Å². The molecule has 2 N–H and O–H groups in total. The number of carbonyl (C=O) groups is 2. The Morgan fingerprint density at radius 2 is 1.67 bits per heavy atom. The molecule has 1 aromatic heterocycles. The summed E-state index contributed by atoms with van der Waals surface area (Å²) in [5, 5.41) is 9.31. The third-order valence-corrected chi connectivity index (χ3v) is 6.41. The van der Waals surface area contributed by atoms with E-state index in [0.29, 0.717) is 21.8 Å². The van der Waals surface area contributed by atoms with Crippen LogP contribution in [0.3, 0.4) is 0 Å². The number of rotatable bonds is 8. The number of benzene rings is 3. The number of carbonyl (C=O) groups excluding carboxylic acids is 2. The number of aromatic nitrogens is 3. The van der Waals surface area contributed by atoms with E-state index in [2.05, 4.69) is 21.0 Å². The number of hydrogen-bond acceptors (Lipinski definition) is 6. The maximum absolute atomic E-state index is 12.7. The largest absolute Gasteiger partial charge is 0.484 e. The van der Waals surface area contributed by atoms with Crippen LogP contribution in [0.15, 0.2) is 84.0 Å². The van der Waals surface area contributed by atoms with Gasteiger partial charge in [0, 0.05) is 16.3 Å². The Morgan fingerprint density at radius 1 is 0.972 bits per heavy atom. The number of nitrogens with zero attached hydrogens (tertiary/aromatic N) is 3. The second kappa shape index (κ2) is 11.7. The summed E-state index contributed by atoms with van der Waals surface area (Å²) in [4.78, 5) is 24.7. The molecule has 0 aliphatic heterocycles. The summed E-state index contributed by atoms with van der Waals surface area (Å²) in [6.07, 6.45) is 0. The van der Waals surface area contributed by atoms with Crippen molar-refractivity contribution in [1.29, 1.82) is 0 Å². The Morgan fingerprint density at radius 3 is 2.36 bits per heavy atom. The maximum Gasteiger partial charge on any atom is 0.276 e. The highest BCUT2D eigenvalue weighted by atomic mass is 35.5. The van der Waals surface area contributed by atoms with Crippen LogP contribution in [0.25, 0.3) is 17.1 Å². The predicted molar refractivity (Wildman–Crippen MR) is 140 cm³/mol. The third kappa shape index (κ3) is 6.44. The number of hydrogen-bond donors (Lipinski definition) is 2. The second-order valence-electron chi connectivity index (χ2n) is 7.88. The van der Waals surface area contributed by atoms with Gasteiger partial charge in [-0.3, -0.25) is 25.0 Å². The molecule has 36 heavy (non-hydrogen) atoms. The van der Waals surface area contributed by atoms with Crippen LogP contribution in [-0.4, -0.2) is 38.4 Å². The van der Waals surface area contributed by atoms with Gasteiger partial charge in [0.05, 0.1) is 5.25 Å². The molecule has 4 rings (SSSR count). The highest BCUT2D eigenvalue weighted by Crippen LogP contribution is 2.30. The van der Waals surface area contributed by atoms with Crippen molar-refractivity contribution in [2.75, 3.05) is 6.61 Å². The molecule has 0 saturated heterocycles. The van der Waals surface area contributed by atoms with Gasteiger partial charge in [-0.05, 0) is 50.2 Å². The maximum atomic E-state index is 12.7. The molecule has 0 bridgehead atoms. The van der Waals surface area contributed by atoms with Gasteiger partial charge in [-0.1, -0.05) is 71.4 Å². The van der Waals surface area contributed by atoms with Crippen molar-refractivity contribution in [3.8, 4) is 22.8 Å². The summed E-state index contributed by atoms with van der Waals surface area (Å²) in [6, 6.07) is 24.3. The highest BCUT2D eigenvalue weighted by Gasteiger charge is 2.22. The van der Waals surface area contributed by atoms with Gasteiger partial charge in [0.15, 0.2) is 17.6 Å². The average molecular weight is 522 g/mol. The Balaban J connectivity index is 1.41. The zero-order chi connectivity index (χ0) is 25.5. The first-order valence-corrected chi connectivity index (χ1v) is 12.4. The molecule has 8 nitrogen and oxygen atoms in total. The summed E-state index contributed by atoms with van der Waals surface area (Å²) >= 11 is 7.07. The zero-order valence-electron chi connectivity index (χ0n) is 19.6. The van der Waals surface area contributed by atoms with Crippen LogP contribution < -0.4 is 15.6 Å². The van der Waals surface area contributed by atoms with E-state index in [0.717, 1.165) is 16.8 Å². The van der Waals surface area contributed by atoms with Crippen molar-refractivity contribution in [2.45, 2.75) is 24.3 Å². The lowest BCUT2D eigenvalue weighted by molar-refractivity contribution is -0.129. The van der Waals surface area contributed by atoms with Gasteiger partial charge in [0.1, 0.15) is 5.75 Å². The van der Waals surface area contributed by atoms with E-state index in [9.17, 15) is 9.59 Å². The fraction of sp³-hybridized carbons (Fsp3) is 0.154. The third-order valence-electron chi connectivity index (χ3n) is 5.12. The molecule has 0 radical (unpaired) electrons. The van der Waals surface area contributed by atoms with E-state index in [1.165, 1.54) is 11.8 Å². The molecule has 0 fully saturated rings. The van der Waals surface area contributed by atoms with Gasteiger partial charge < -0.3 is 4.74 Å². The molecule has 1 atom stereocenters. The van der Waals surface area contributed by atoms with Crippen LogP contribution in [0.2, 0.25) is 5.02 Å². The van der Waals surface area contributed by atoms with Crippen LogP contribution in [0.1, 0.15) is 12.5 Å². The Bertz CT molecular complexity index is 1330. The summed E-state index contributed by atoms with van der Waals surface area (Å²) in [6.45, 7) is 3.49. The smallest absolute Gasteiger partial charge is 0.276 e. The molecular formula is C26H24ClN5O3S. The van der Waals surface area contributed by atoms with Gasteiger partial charge in [-0.15, -0.1) is 10.2 Å². The number of para-hydroxylation sites is 1. The number of thioether (sulfide) groups is 1. The second-order valence-corrected chi connectivity index (χ2v) is 9.63. The van der Waals surface area contributed by atoms with Gasteiger partial charge in [-0.25, -0.2) is 0 Å². The van der Waals surface area contributed by atoms with E-state index in [-0.39, 0.29) is 12.5 Å². The molecule has 0 aliphatic carbocycles. The predicted octanol–water partition coefficient (Wildman–Crippen LogP) is 4.60. The molecule has 3 aromatic carbocycles. The lowest BCUT2D eigenvalue weighted by atomic mass is 10.1.